The summed E-state index contributed by atoms with van der Waals surface area (Å²) in [6.07, 6.45) is 1.96. The summed E-state index contributed by atoms with van der Waals surface area (Å²) >= 11 is 0. The molecular formula is C28H28N2O5. The van der Waals surface area contributed by atoms with Crippen LogP contribution in [-0.2, 0) is 24.4 Å². The highest BCUT2D eigenvalue weighted by molar-refractivity contribution is 6.00. The smallest absolute Gasteiger partial charge is 0.262 e. The number of phenols is 2. The summed E-state index contributed by atoms with van der Waals surface area (Å²) in [5.74, 6) is -0.653. The van der Waals surface area contributed by atoms with E-state index in [1.165, 1.54) is 12.1 Å². The number of phenolic OH excluding ortho intramolecular Hbond substituents is 2. The average Bonchev–Trinajstić information content (AvgIpc) is 3.49. The Morgan fingerprint density at radius 1 is 1.09 bits per heavy atom. The molecule has 2 saturated heterocycles. The molecule has 0 unspecified atom stereocenters. The van der Waals surface area contributed by atoms with Crippen molar-refractivity contribution in [2.24, 2.45) is 0 Å². The minimum absolute atomic E-state index is 0.0144. The maximum atomic E-state index is 13.6. The number of hydrogen-bond acceptors (Lipinski definition) is 6. The summed E-state index contributed by atoms with van der Waals surface area (Å²) in [4.78, 5) is 15.3. The van der Waals surface area contributed by atoms with Crippen LogP contribution >= 0.6 is 0 Å². The van der Waals surface area contributed by atoms with Crippen molar-refractivity contribution < 1.29 is 24.5 Å². The number of nitrogens with one attached hydrogen (secondary N) is 1. The highest BCUT2D eigenvalue weighted by Crippen LogP contribution is 2.53. The van der Waals surface area contributed by atoms with Gasteiger partial charge in [0.05, 0.1) is 17.7 Å². The number of anilines is 1. The highest BCUT2D eigenvalue weighted by Gasteiger charge is 2.60. The third kappa shape index (κ3) is 3.86. The SMILES string of the molecule is CC12CC(Nc3cccc4c3CN(C(=O)c3c(O)cc(O)cc3OCc3ccccc3)C4)(CO1)C2. The molecule has 2 bridgehead atoms. The second-order valence-corrected chi connectivity index (χ2v) is 10.2. The Balaban J connectivity index is 1.23. The van der Waals surface area contributed by atoms with Gasteiger partial charge in [-0.1, -0.05) is 42.5 Å². The van der Waals surface area contributed by atoms with E-state index in [0.29, 0.717) is 19.7 Å². The minimum atomic E-state index is -0.341. The molecule has 0 aromatic heterocycles. The van der Waals surface area contributed by atoms with E-state index in [0.717, 1.165) is 35.2 Å². The highest BCUT2D eigenvalue weighted by atomic mass is 16.5. The molecule has 0 atom stereocenters. The van der Waals surface area contributed by atoms with Gasteiger partial charge in [0.15, 0.2) is 0 Å². The zero-order chi connectivity index (χ0) is 24.2. The number of carbonyl (C=O) groups is 1. The van der Waals surface area contributed by atoms with Crippen molar-refractivity contribution in [2.75, 3.05) is 11.9 Å². The van der Waals surface area contributed by atoms with Gasteiger partial charge in [0.2, 0.25) is 0 Å². The standard InChI is InChI=1S/C28H28N2O5/c1-27-15-28(16-27,17-35-27)29-22-9-5-8-19-12-30(13-21(19)22)26(33)25-23(32)10-20(31)11-24(25)34-14-18-6-3-2-4-7-18/h2-11,29,31-32H,12-17H2,1H3. The molecule has 3 aromatic carbocycles. The van der Waals surface area contributed by atoms with Gasteiger partial charge < -0.3 is 29.9 Å². The van der Waals surface area contributed by atoms with E-state index >= 15 is 0 Å². The van der Waals surface area contributed by atoms with E-state index < -0.39 is 0 Å². The number of nitrogens with zero attached hydrogens (tertiary/aromatic N) is 1. The lowest BCUT2D eigenvalue weighted by Gasteiger charge is -2.43. The molecule has 7 nitrogen and oxygen atoms in total. The van der Waals surface area contributed by atoms with Crippen LogP contribution in [0.25, 0.3) is 0 Å². The molecular weight excluding hydrogens is 444 g/mol. The van der Waals surface area contributed by atoms with Gasteiger partial charge in [-0.15, -0.1) is 0 Å². The first kappa shape index (κ1) is 21.8. The summed E-state index contributed by atoms with van der Waals surface area (Å²) in [7, 11) is 0. The van der Waals surface area contributed by atoms with Crippen molar-refractivity contribution >= 4 is 11.6 Å². The fourth-order valence-electron chi connectivity index (χ4n) is 5.80. The van der Waals surface area contributed by atoms with E-state index in [1.807, 2.05) is 42.5 Å². The molecule has 0 spiro atoms. The fourth-order valence-corrected chi connectivity index (χ4v) is 5.80. The quantitative estimate of drug-likeness (QED) is 0.487. The molecule has 1 saturated carbocycles. The van der Waals surface area contributed by atoms with Gasteiger partial charge in [0.1, 0.15) is 29.4 Å². The molecule has 3 fully saturated rings. The molecule has 0 radical (unpaired) electrons. The van der Waals surface area contributed by atoms with Gasteiger partial charge in [0.25, 0.3) is 5.91 Å². The molecule has 7 heteroatoms. The Morgan fingerprint density at radius 2 is 1.89 bits per heavy atom. The van der Waals surface area contributed by atoms with Crippen LogP contribution < -0.4 is 10.1 Å². The van der Waals surface area contributed by atoms with Gasteiger partial charge in [-0.2, -0.15) is 0 Å². The lowest BCUT2D eigenvalue weighted by Crippen LogP contribution is -2.52. The molecule has 3 N–H and O–H groups in total. The molecule has 3 aromatic rings. The second kappa shape index (κ2) is 7.92. The van der Waals surface area contributed by atoms with Gasteiger partial charge in [-0.05, 0) is 29.7 Å². The summed E-state index contributed by atoms with van der Waals surface area (Å²) < 4.78 is 11.8. The average molecular weight is 473 g/mol. The Labute approximate surface area is 203 Å². The normalized spacial score (nSPS) is 24.1. The number of amides is 1. The maximum Gasteiger partial charge on any atom is 0.262 e. The second-order valence-electron chi connectivity index (χ2n) is 10.2. The predicted molar refractivity (Wildman–Crippen MR) is 131 cm³/mol. The molecule has 35 heavy (non-hydrogen) atoms. The maximum absolute atomic E-state index is 13.6. The Morgan fingerprint density at radius 3 is 2.63 bits per heavy atom. The minimum Gasteiger partial charge on any atom is -0.508 e. The first-order chi connectivity index (χ1) is 16.8. The van der Waals surface area contributed by atoms with Crippen LogP contribution in [0.4, 0.5) is 5.69 Å². The van der Waals surface area contributed by atoms with Crippen molar-refractivity contribution in [3.05, 3.63) is 82.9 Å². The van der Waals surface area contributed by atoms with Crippen molar-refractivity contribution in [1.29, 1.82) is 0 Å². The van der Waals surface area contributed by atoms with Crippen LogP contribution in [0.15, 0.2) is 60.7 Å². The van der Waals surface area contributed by atoms with Gasteiger partial charge in [0, 0.05) is 43.8 Å². The third-order valence-corrected chi connectivity index (χ3v) is 7.31. The van der Waals surface area contributed by atoms with Crippen LogP contribution in [0.1, 0.15) is 46.8 Å². The molecule has 7 rings (SSSR count). The molecule has 3 aliphatic heterocycles. The number of hydrogen-bond donors (Lipinski definition) is 3. The topological polar surface area (TPSA) is 91.3 Å². The Hall–Kier alpha value is -3.71. The Kier molecular flexibility index (Phi) is 4.93. The fraction of sp³-hybridized carbons (Fsp3) is 0.321. The van der Waals surface area contributed by atoms with Crippen LogP contribution in [0, 0.1) is 0 Å². The zero-order valence-corrected chi connectivity index (χ0v) is 19.6. The number of carbonyl (C=O) groups excluding carboxylic acids is 1. The number of ether oxygens (including phenoxy) is 2. The largest absolute Gasteiger partial charge is 0.508 e. The molecule has 180 valence electrons. The summed E-state index contributed by atoms with van der Waals surface area (Å²) in [5.41, 5.74) is 4.11. The molecule has 3 heterocycles. The summed E-state index contributed by atoms with van der Waals surface area (Å²) in [6, 6.07) is 18.2. The number of rotatable bonds is 6. The lowest BCUT2D eigenvalue weighted by atomic mass is 9.69. The van der Waals surface area contributed by atoms with Gasteiger partial charge in [-0.3, -0.25) is 4.79 Å². The number of benzene rings is 3. The van der Waals surface area contributed by atoms with Crippen LogP contribution in [0.5, 0.6) is 17.2 Å². The summed E-state index contributed by atoms with van der Waals surface area (Å²) in [6.45, 7) is 3.91. The monoisotopic (exact) mass is 472 g/mol. The molecule has 4 aliphatic rings. The Bertz CT molecular complexity index is 1300. The van der Waals surface area contributed by atoms with E-state index in [4.69, 9.17) is 9.47 Å². The van der Waals surface area contributed by atoms with Crippen molar-refractivity contribution in [3.8, 4) is 17.2 Å². The van der Waals surface area contributed by atoms with Crippen LogP contribution in [0.2, 0.25) is 0 Å². The molecule has 1 aliphatic carbocycles. The van der Waals surface area contributed by atoms with Gasteiger partial charge in [-0.25, -0.2) is 0 Å². The van der Waals surface area contributed by atoms with Crippen molar-refractivity contribution in [3.63, 3.8) is 0 Å². The predicted octanol–water partition coefficient (Wildman–Crippen LogP) is 4.57. The molecule has 1 amide bonds. The number of fused-ring (bicyclic) bond motifs is 2. The first-order valence-corrected chi connectivity index (χ1v) is 11.9. The summed E-state index contributed by atoms with van der Waals surface area (Å²) in [5, 5.41) is 24.4. The van der Waals surface area contributed by atoms with Crippen LogP contribution in [-0.4, -0.2) is 38.8 Å². The third-order valence-electron chi connectivity index (χ3n) is 7.31. The van der Waals surface area contributed by atoms with E-state index in [-0.39, 0.29) is 46.5 Å². The zero-order valence-electron chi connectivity index (χ0n) is 19.6. The first-order valence-electron chi connectivity index (χ1n) is 11.9. The van der Waals surface area contributed by atoms with Crippen molar-refractivity contribution in [2.45, 2.75) is 50.6 Å². The van der Waals surface area contributed by atoms with E-state index in [1.54, 1.807) is 4.90 Å². The van der Waals surface area contributed by atoms with Gasteiger partial charge >= 0.3 is 0 Å². The van der Waals surface area contributed by atoms with E-state index in [9.17, 15) is 15.0 Å². The van der Waals surface area contributed by atoms with E-state index in [2.05, 4.69) is 18.3 Å². The number of aromatic hydroxyl groups is 2. The van der Waals surface area contributed by atoms with Crippen molar-refractivity contribution in [1.82, 2.24) is 4.90 Å². The lowest BCUT2D eigenvalue weighted by molar-refractivity contribution is 0.0188. The van der Waals surface area contributed by atoms with Crippen LogP contribution in [0.3, 0.4) is 0 Å².